The van der Waals surface area contributed by atoms with Gasteiger partial charge in [0.1, 0.15) is 0 Å². The van der Waals surface area contributed by atoms with Crippen LogP contribution < -0.4 is 0 Å². The summed E-state index contributed by atoms with van der Waals surface area (Å²) in [5.41, 5.74) is 1.79. The molecule has 2 aliphatic rings. The predicted octanol–water partition coefficient (Wildman–Crippen LogP) is 2.04. The molecule has 0 saturated carbocycles. The molecule has 0 unspecified atom stereocenters. The molecule has 0 bridgehead atoms. The monoisotopic (exact) mass is 266 g/mol. The van der Waals surface area contributed by atoms with Gasteiger partial charge in [-0.25, -0.2) is 0 Å². The van der Waals surface area contributed by atoms with Crippen molar-refractivity contribution in [2.45, 2.75) is 24.9 Å². The SMILES string of the molecule is CN1CCOCC12CCN(Cc1ccsc1)CC2. The van der Waals surface area contributed by atoms with Gasteiger partial charge < -0.3 is 4.74 Å². The van der Waals surface area contributed by atoms with Crippen molar-refractivity contribution >= 4 is 11.3 Å². The summed E-state index contributed by atoms with van der Waals surface area (Å²) in [6.45, 7) is 6.43. The van der Waals surface area contributed by atoms with Gasteiger partial charge in [-0.2, -0.15) is 11.3 Å². The first kappa shape index (κ1) is 12.6. The minimum absolute atomic E-state index is 0.323. The molecule has 4 heteroatoms. The van der Waals surface area contributed by atoms with E-state index in [-0.39, 0.29) is 0 Å². The van der Waals surface area contributed by atoms with E-state index in [2.05, 4.69) is 33.7 Å². The number of nitrogens with zero attached hydrogens (tertiary/aromatic N) is 2. The summed E-state index contributed by atoms with van der Waals surface area (Å²) in [4.78, 5) is 5.11. The van der Waals surface area contributed by atoms with Crippen molar-refractivity contribution in [3.05, 3.63) is 22.4 Å². The zero-order valence-electron chi connectivity index (χ0n) is 11.1. The van der Waals surface area contributed by atoms with Crippen LogP contribution >= 0.6 is 11.3 Å². The summed E-state index contributed by atoms with van der Waals surface area (Å²) in [6, 6.07) is 2.24. The second-order valence-electron chi connectivity index (χ2n) is 5.61. The van der Waals surface area contributed by atoms with Crippen LogP contribution in [0.4, 0.5) is 0 Å². The second kappa shape index (κ2) is 5.29. The first-order valence-corrected chi connectivity index (χ1v) is 7.75. The maximum atomic E-state index is 5.72. The third-order valence-electron chi connectivity index (χ3n) is 4.52. The lowest BCUT2D eigenvalue weighted by molar-refractivity contribution is -0.0836. The molecule has 3 nitrogen and oxygen atoms in total. The molecular formula is C14H22N2OS. The molecule has 2 aliphatic heterocycles. The largest absolute Gasteiger partial charge is 0.378 e. The van der Waals surface area contributed by atoms with Crippen LogP contribution in [0.25, 0.3) is 0 Å². The maximum absolute atomic E-state index is 5.72. The number of likely N-dealkylation sites (tertiary alicyclic amines) is 1. The normalized spacial score (nSPS) is 25.6. The summed E-state index contributed by atoms with van der Waals surface area (Å²) >= 11 is 1.80. The molecule has 3 heterocycles. The van der Waals surface area contributed by atoms with Gasteiger partial charge in [-0.15, -0.1) is 0 Å². The van der Waals surface area contributed by atoms with E-state index < -0.39 is 0 Å². The van der Waals surface area contributed by atoms with Crippen LogP contribution in [0.2, 0.25) is 0 Å². The maximum Gasteiger partial charge on any atom is 0.0651 e. The lowest BCUT2D eigenvalue weighted by Gasteiger charge is -2.49. The Labute approximate surface area is 113 Å². The number of rotatable bonds is 2. The van der Waals surface area contributed by atoms with Crippen molar-refractivity contribution in [2.75, 3.05) is 39.9 Å². The molecule has 1 aromatic rings. The molecule has 0 radical (unpaired) electrons. The Balaban J connectivity index is 1.57. The highest BCUT2D eigenvalue weighted by Crippen LogP contribution is 2.31. The molecule has 1 spiro atoms. The third kappa shape index (κ3) is 2.48. The molecule has 2 fully saturated rings. The van der Waals surface area contributed by atoms with Gasteiger partial charge in [0, 0.05) is 31.7 Å². The standard InChI is InChI=1S/C14H22N2OS/c1-15-7-8-17-12-14(15)3-5-16(6-4-14)10-13-2-9-18-11-13/h2,9,11H,3-8,10,12H2,1H3. The fourth-order valence-corrected chi connectivity index (χ4v) is 3.77. The van der Waals surface area contributed by atoms with Gasteiger partial charge in [0.05, 0.1) is 13.2 Å². The van der Waals surface area contributed by atoms with Crippen LogP contribution in [0.15, 0.2) is 16.8 Å². The third-order valence-corrected chi connectivity index (χ3v) is 5.26. The van der Waals surface area contributed by atoms with Gasteiger partial charge in [-0.1, -0.05) is 0 Å². The number of morpholine rings is 1. The van der Waals surface area contributed by atoms with E-state index in [4.69, 9.17) is 4.74 Å². The fourth-order valence-electron chi connectivity index (χ4n) is 3.11. The van der Waals surface area contributed by atoms with Crippen LogP contribution in [-0.4, -0.2) is 55.2 Å². The number of piperidine rings is 1. The van der Waals surface area contributed by atoms with E-state index in [1.165, 1.54) is 31.5 Å². The molecule has 3 rings (SSSR count). The smallest absolute Gasteiger partial charge is 0.0651 e. The van der Waals surface area contributed by atoms with Gasteiger partial charge in [-0.05, 0) is 42.3 Å². The minimum atomic E-state index is 0.323. The lowest BCUT2D eigenvalue weighted by atomic mass is 9.85. The van der Waals surface area contributed by atoms with E-state index in [1.807, 2.05) is 0 Å². The Morgan fingerprint density at radius 2 is 2.17 bits per heavy atom. The average molecular weight is 266 g/mol. The molecule has 100 valence electrons. The zero-order chi connectivity index (χ0) is 12.4. The van der Waals surface area contributed by atoms with Crippen LogP contribution in [0.1, 0.15) is 18.4 Å². The van der Waals surface area contributed by atoms with Crippen LogP contribution in [0.3, 0.4) is 0 Å². The number of hydrogen-bond acceptors (Lipinski definition) is 4. The molecule has 0 aromatic carbocycles. The highest BCUT2D eigenvalue weighted by Gasteiger charge is 2.40. The van der Waals surface area contributed by atoms with Crippen molar-refractivity contribution in [3.63, 3.8) is 0 Å². The van der Waals surface area contributed by atoms with Gasteiger partial charge in [-0.3, -0.25) is 9.80 Å². The number of hydrogen-bond donors (Lipinski definition) is 0. The summed E-state index contributed by atoms with van der Waals surface area (Å²) in [6.07, 6.45) is 2.49. The molecule has 0 aliphatic carbocycles. The molecule has 2 saturated heterocycles. The number of likely N-dealkylation sites (N-methyl/N-ethyl adjacent to an activating group) is 1. The van der Waals surface area contributed by atoms with Crippen molar-refractivity contribution < 1.29 is 4.74 Å². The summed E-state index contributed by atoms with van der Waals surface area (Å²) < 4.78 is 5.72. The van der Waals surface area contributed by atoms with Crippen molar-refractivity contribution in [1.82, 2.24) is 9.80 Å². The Morgan fingerprint density at radius 3 is 2.83 bits per heavy atom. The summed E-state index contributed by atoms with van der Waals surface area (Å²) in [7, 11) is 2.26. The van der Waals surface area contributed by atoms with E-state index >= 15 is 0 Å². The van der Waals surface area contributed by atoms with Crippen LogP contribution in [-0.2, 0) is 11.3 Å². The Bertz CT molecular complexity index is 371. The van der Waals surface area contributed by atoms with Gasteiger partial charge in [0.15, 0.2) is 0 Å². The zero-order valence-corrected chi connectivity index (χ0v) is 11.9. The highest BCUT2D eigenvalue weighted by atomic mass is 32.1. The van der Waals surface area contributed by atoms with Crippen LogP contribution in [0, 0.1) is 0 Å². The average Bonchev–Trinajstić information content (AvgIpc) is 2.89. The van der Waals surface area contributed by atoms with Crippen molar-refractivity contribution in [2.24, 2.45) is 0 Å². The van der Waals surface area contributed by atoms with E-state index in [0.717, 1.165) is 26.3 Å². The summed E-state index contributed by atoms with van der Waals surface area (Å²) in [5, 5.41) is 4.43. The summed E-state index contributed by atoms with van der Waals surface area (Å²) in [5.74, 6) is 0. The Kier molecular flexibility index (Phi) is 3.71. The highest BCUT2D eigenvalue weighted by molar-refractivity contribution is 7.07. The lowest BCUT2D eigenvalue weighted by Crippen LogP contribution is -2.59. The molecular weight excluding hydrogens is 244 g/mol. The molecule has 1 aromatic heterocycles. The van der Waals surface area contributed by atoms with Gasteiger partial charge >= 0.3 is 0 Å². The minimum Gasteiger partial charge on any atom is -0.378 e. The first-order chi connectivity index (χ1) is 8.78. The Morgan fingerprint density at radius 1 is 1.33 bits per heavy atom. The topological polar surface area (TPSA) is 15.7 Å². The quantitative estimate of drug-likeness (QED) is 0.815. The first-order valence-electron chi connectivity index (χ1n) is 6.81. The molecule has 0 amide bonds. The molecule has 0 atom stereocenters. The van der Waals surface area contributed by atoms with E-state index in [1.54, 1.807) is 11.3 Å². The van der Waals surface area contributed by atoms with Crippen LogP contribution in [0.5, 0.6) is 0 Å². The number of thiophene rings is 1. The van der Waals surface area contributed by atoms with Crippen molar-refractivity contribution in [1.29, 1.82) is 0 Å². The number of ether oxygens (including phenoxy) is 1. The Hall–Kier alpha value is -0.420. The van der Waals surface area contributed by atoms with Crippen molar-refractivity contribution in [3.8, 4) is 0 Å². The fraction of sp³-hybridized carbons (Fsp3) is 0.714. The molecule has 0 N–H and O–H groups in total. The van der Waals surface area contributed by atoms with E-state index in [0.29, 0.717) is 5.54 Å². The van der Waals surface area contributed by atoms with Gasteiger partial charge in [0.2, 0.25) is 0 Å². The van der Waals surface area contributed by atoms with Gasteiger partial charge in [0.25, 0.3) is 0 Å². The molecule has 18 heavy (non-hydrogen) atoms. The predicted molar refractivity (Wildman–Crippen MR) is 75.0 cm³/mol. The van der Waals surface area contributed by atoms with E-state index in [9.17, 15) is 0 Å². The second-order valence-corrected chi connectivity index (χ2v) is 6.39.